The average Bonchev–Trinajstić information content (AvgIpc) is 2.70. The van der Waals surface area contributed by atoms with E-state index in [-0.39, 0.29) is 17.6 Å². The molecule has 1 aromatic heterocycles. The highest BCUT2D eigenvalue weighted by Crippen LogP contribution is 2.27. The summed E-state index contributed by atoms with van der Waals surface area (Å²) in [5.41, 5.74) is 1.96. The van der Waals surface area contributed by atoms with Gasteiger partial charge in [-0.25, -0.2) is 0 Å². The Labute approximate surface area is 169 Å². The van der Waals surface area contributed by atoms with Crippen molar-refractivity contribution in [2.24, 2.45) is 0 Å². The molecule has 148 valence electrons. The van der Waals surface area contributed by atoms with Gasteiger partial charge in [-0.2, -0.15) is 0 Å². The highest BCUT2D eigenvalue weighted by molar-refractivity contribution is 6.03. The van der Waals surface area contributed by atoms with Crippen LogP contribution in [-0.2, 0) is 0 Å². The molecular weight excluding hydrogens is 368 g/mol. The summed E-state index contributed by atoms with van der Waals surface area (Å²) < 4.78 is 5.77. The molecule has 0 spiro atoms. The Morgan fingerprint density at radius 2 is 1.76 bits per heavy atom. The number of nitrogens with zero attached hydrogens (tertiary/aromatic N) is 2. The van der Waals surface area contributed by atoms with Crippen LogP contribution < -0.4 is 15.4 Å². The van der Waals surface area contributed by atoms with Crippen molar-refractivity contribution in [3.05, 3.63) is 71.9 Å². The van der Waals surface area contributed by atoms with Gasteiger partial charge in [0.2, 0.25) is 0 Å². The summed E-state index contributed by atoms with van der Waals surface area (Å²) in [6.45, 7) is 5.38. The van der Waals surface area contributed by atoms with Crippen LogP contribution in [0.25, 0.3) is 0 Å². The van der Waals surface area contributed by atoms with Crippen LogP contribution in [0.2, 0.25) is 0 Å². The van der Waals surface area contributed by atoms with Crippen LogP contribution in [0.15, 0.2) is 60.7 Å². The van der Waals surface area contributed by atoms with Crippen molar-refractivity contribution in [2.45, 2.75) is 26.9 Å². The molecule has 0 saturated carbocycles. The molecule has 0 unspecified atom stereocenters. The van der Waals surface area contributed by atoms with Gasteiger partial charge in [0.25, 0.3) is 5.91 Å². The minimum absolute atomic E-state index is 0.0385. The maximum Gasteiger partial charge on any atom is 0.276 e. The van der Waals surface area contributed by atoms with Gasteiger partial charge in [0.15, 0.2) is 17.3 Å². The fourth-order valence-electron chi connectivity index (χ4n) is 2.60. The highest BCUT2D eigenvalue weighted by Gasteiger charge is 2.11. The number of anilines is 3. The number of hydrogen-bond donors (Lipinski definition) is 2. The normalized spacial score (nSPS) is 10.5. The number of aromatic nitrogens is 2. The van der Waals surface area contributed by atoms with Crippen molar-refractivity contribution in [1.29, 1.82) is 0 Å². The fraction of sp³-hybridized carbons (Fsp3) is 0.182. The second-order valence-electron chi connectivity index (χ2n) is 6.68. The number of carbonyl (C=O) groups excluding carboxylic acids is 2. The van der Waals surface area contributed by atoms with Gasteiger partial charge >= 0.3 is 0 Å². The monoisotopic (exact) mass is 390 g/mol. The van der Waals surface area contributed by atoms with E-state index in [9.17, 15) is 9.59 Å². The van der Waals surface area contributed by atoms with E-state index in [2.05, 4.69) is 20.8 Å². The van der Waals surface area contributed by atoms with E-state index in [0.29, 0.717) is 22.8 Å². The third-order valence-electron chi connectivity index (χ3n) is 3.94. The molecule has 2 aromatic carbocycles. The van der Waals surface area contributed by atoms with Gasteiger partial charge in [-0.15, -0.1) is 10.2 Å². The average molecular weight is 390 g/mol. The van der Waals surface area contributed by atoms with Crippen molar-refractivity contribution < 1.29 is 14.3 Å². The Kier molecular flexibility index (Phi) is 6.19. The van der Waals surface area contributed by atoms with Crippen LogP contribution >= 0.6 is 0 Å². The molecule has 2 N–H and O–H groups in total. The smallest absolute Gasteiger partial charge is 0.276 e. The van der Waals surface area contributed by atoms with E-state index >= 15 is 0 Å². The Morgan fingerprint density at radius 3 is 2.45 bits per heavy atom. The number of amides is 1. The zero-order valence-electron chi connectivity index (χ0n) is 16.5. The molecule has 7 heteroatoms. The standard InChI is InChI=1S/C22H22N4O3/c1-14(2)29-20-10-5-4-9-18(20)24-21-12-11-19(25-26-21)22(28)23-17-8-6-7-16(13-17)15(3)27/h4-14H,1-3H3,(H,23,28)(H,24,26). The van der Waals surface area contributed by atoms with Gasteiger partial charge in [-0.1, -0.05) is 24.3 Å². The van der Waals surface area contributed by atoms with Gasteiger partial charge in [0.05, 0.1) is 11.8 Å². The molecule has 0 aliphatic carbocycles. The second-order valence-corrected chi connectivity index (χ2v) is 6.68. The van der Waals surface area contributed by atoms with Gasteiger partial charge < -0.3 is 15.4 Å². The first-order valence-corrected chi connectivity index (χ1v) is 9.21. The van der Waals surface area contributed by atoms with E-state index < -0.39 is 5.91 Å². The maximum absolute atomic E-state index is 12.4. The lowest BCUT2D eigenvalue weighted by Gasteiger charge is -2.14. The Morgan fingerprint density at radius 1 is 0.966 bits per heavy atom. The summed E-state index contributed by atoms with van der Waals surface area (Å²) in [6, 6.07) is 17.5. The molecule has 3 rings (SSSR count). The molecule has 3 aromatic rings. The minimum Gasteiger partial charge on any atom is -0.489 e. The summed E-state index contributed by atoms with van der Waals surface area (Å²) in [6.07, 6.45) is 0.0385. The predicted molar refractivity (Wildman–Crippen MR) is 112 cm³/mol. The van der Waals surface area contributed by atoms with Crippen LogP contribution in [0.5, 0.6) is 5.75 Å². The summed E-state index contributed by atoms with van der Waals surface area (Å²) >= 11 is 0. The van der Waals surface area contributed by atoms with Crippen molar-refractivity contribution in [3.63, 3.8) is 0 Å². The Hall–Kier alpha value is -3.74. The SMILES string of the molecule is CC(=O)c1cccc(NC(=O)c2ccc(Nc3ccccc3OC(C)C)nn2)c1. The third-order valence-corrected chi connectivity index (χ3v) is 3.94. The molecule has 1 heterocycles. The number of ketones is 1. The fourth-order valence-corrected chi connectivity index (χ4v) is 2.60. The molecule has 7 nitrogen and oxygen atoms in total. The van der Waals surface area contributed by atoms with E-state index in [1.807, 2.05) is 38.1 Å². The zero-order valence-corrected chi connectivity index (χ0v) is 16.5. The van der Waals surface area contributed by atoms with Crippen LogP contribution in [0.1, 0.15) is 41.6 Å². The molecule has 0 fully saturated rings. The van der Waals surface area contributed by atoms with Crippen LogP contribution in [0.3, 0.4) is 0 Å². The molecule has 0 saturated heterocycles. The van der Waals surface area contributed by atoms with Gasteiger partial charge in [-0.3, -0.25) is 9.59 Å². The number of benzene rings is 2. The van der Waals surface area contributed by atoms with E-state index in [4.69, 9.17) is 4.74 Å². The molecule has 0 aliphatic heterocycles. The van der Waals surface area contributed by atoms with E-state index in [1.165, 1.54) is 6.92 Å². The molecule has 1 amide bonds. The number of Topliss-reactive ketones (excluding diaryl/α,β-unsaturated/α-hetero) is 1. The highest BCUT2D eigenvalue weighted by atomic mass is 16.5. The Bertz CT molecular complexity index is 1020. The molecule has 29 heavy (non-hydrogen) atoms. The van der Waals surface area contributed by atoms with Gasteiger partial charge in [-0.05, 0) is 57.2 Å². The quantitative estimate of drug-likeness (QED) is 0.579. The third kappa shape index (κ3) is 5.38. The molecule has 0 aliphatic rings. The Balaban J connectivity index is 1.70. The number of ether oxygens (including phenoxy) is 1. The van der Waals surface area contributed by atoms with Crippen molar-refractivity contribution in [2.75, 3.05) is 10.6 Å². The topological polar surface area (TPSA) is 93.2 Å². The van der Waals surface area contributed by atoms with Gasteiger partial charge in [0.1, 0.15) is 5.75 Å². The number of nitrogens with one attached hydrogen (secondary N) is 2. The maximum atomic E-state index is 12.4. The van der Waals surface area contributed by atoms with Crippen LogP contribution in [0.4, 0.5) is 17.2 Å². The summed E-state index contributed by atoms with van der Waals surface area (Å²) in [7, 11) is 0. The summed E-state index contributed by atoms with van der Waals surface area (Å²) in [5.74, 6) is 0.711. The van der Waals surface area contributed by atoms with E-state index in [1.54, 1.807) is 36.4 Å². The predicted octanol–water partition coefficient (Wildman–Crippen LogP) is 4.46. The molecule has 0 bridgehead atoms. The zero-order chi connectivity index (χ0) is 20.8. The van der Waals surface area contributed by atoms with Gasteiger partial charge in [0, 0.05) is 11.3 Å². The summed E-state index contributed by atoms with van der Waals surface area (Å²) in [4.78, 5) is 23.9. The summed E-state index contributed by atoms with van der Waals surface area (Å²) in [5, 5.41) is 13.9. The molecule has 0 atom stereocenters. The number of carbonyl (C=O) groups is 2. The van der Waals surface area contributed by atoms with Crippen molar-refractivity contribution >= 4 is 28.9 Å². The van der Waals surface area contributed by atoms with Crippen LogP contribution in [-0.4, -0.2) is 28.0 Å². The van der Waals surface area contributed by atoms with E-state index in [0.717, 1.165) is 5.69 Å². The number of hydrogen-bond acceptors (Lipinski definition) is 6. The van der Waals surface area contributed by atoms with Crippen LogP contribution in [0, 0.1) is 0 Å². The minimum atomic E-state index is -0.409. The number of rotatable bonds is 7. The second kappa shape index (κ2) is 8.97. The first-order valence-electron chi connectivity index (χ1n) is 9.21. The lowest BCUT2D eigenvalue weighted by molar-refractivity contribution is 0.100. The van der Waals surface area contributed by atoms with Crippen molar-refractivity contribution in [1.82, 2.24) is 10.2 Å². The first-order chi connectivity index (χ1) is 13.9. The van der Waals surface area contributed by atoms with Crippen molar-refractivity contribution in [3.8, 4) is 5.75 Å². The molecular formula is C22H22N4O3. The largest absolute Gasteiger partial charge is 0.489 e. The first kappa shape index (κ1) is 20.0. The molecule has 0 radical (unpaired) electrons. The lowest BCUT2D eigenvalue weighted by Crippen LogP contribution is -2.15. The lowest BCUT2D eigenvalue weighted by atomic mass is 10.1. The number of para-hydroxylation sites is 2.